The monoisotopic (exact) mass is 258 g/mol. The lowest BCUT2D eigenvalue weighted by molar-refractivity contribution is -0.384. The lowest BCUT2D eigenvalue weighted by Gasteiger charge is -2.12. The molecule has 1 aromatic rings. The van der Waals surface area contributed by atoms with Crippen molar-refractivity contribution in [2.45, 2.75) is 13.3 Å². The summed E-state index contributed by atoms with van der Waals surface area (Å²) in [5, 5.41) is 24.5. The molecule has 7 heteroatoms. The van der Waals surface area contributed by atoms with E-state index in [1.54, 1.807) is 6.92 Å². The molecule has 0 aromatic heterocycles. The third-order valence-electron chi connectivity index (χ3n) is 2.87. The minimum Gasteiger partial charge on any atom is -0.272 e. The van der Waals surface area contributed by atoms with Gasteiger partial charge in [-0.15, -0.1) is 0 Å². The summed E-state index contributed by atoms with van der Waals surface area (Å²) >= 11 is 0. The Bertz CT molecular complexity index is 600. The van der Waals surface area contributed by atoms with Crippen LogP contribution in [0.4, 0.5) is 11.4 Å². The van der Waals surface area contributed by atoms with Gasteiger partial charge in [-0.2, -0.15) is 10.4 Å². The number of amides is 1. The molecular formula is C12H10N4O3. The Morgan fingerprint density at radius 2 is 2.11 bits per heavy atom. The van der Waals surface area contributed by atoms with Crippen LogP contribution in [0.15, 0.2) is 29.4 Å². The zero-order valence-corrected chi connectivity index (χ0v) is 10.1. The van der Waals surface area contributed by atoms with Crippen LogP contribution in [0.5, 0.6) is 0 Å². The summed E-state index contributed by atoms with van der Waals surface area (Å²) in [5.41, 5.74) is 0.977. The summed E-state index contributed by atoms with van der Waals surface area (Å²) in [4.78, 5) is 22.1. The lowest BCUT2D eigenvalue weighted by Crippen LogP contribution is -2.26. The van der Waals surface area contributed by atoms with Gasteiger partial charge in [0.2, 0.25) is 0 Å². The van der Waals surface area contributed by atoms with Gasteiger partial charge in [-0.1, -0.05) is 0 Å². The van der Waals surface area contributed by atoms with Crippen LogP contribution in [-0.2, 0) is 4.79 Å². The average molecular weight is 258 g/mol. The smallest absolute Gasteiger partial charge is 0.269 e. The fourth-order valence-electron chi connectivity index (χ4n) is 1.83. The Morgan fingerprint density at radius 1 is 1.47 bits per heavy atom. The van der Waals surface area contributed by atoms with Gasteiger partial charge in [-0.3, -0.25) is 14.9 Å². The Hall–Kier alpha value is -2.75. The molecule has 1 unspecified atom stereocenters. The number of nitro groups is 1. The second-order valence-corrected chi connectivity index (χ2v) is 4.08. The quantitative estimate of drug-likeness (QED) is 0.610. The van der Waals surface area contributed by atoms with Crippen LogP contribution in [0.25, 0.3) is 0 Å². The summed E-state index contributed by atoms with van der Waals surface area (Å²) in [6, 6.07) is 7.49. The van der Waals surface area contributed by atoms with Crippen molar-refractivity contribution in [1.82, 2.24) is 0 Å². The van der Waals surface area contributed by atoms with Crippen molar-refractivity contribution < 1.29 is 9.72 Å². The molecule has 0 saturated heterocycles. The number of hydrogen-bond donors (Lipinski definition) is 0. The highest BCUT2D eigenvalue weighted by Crippen LogP contribution is 2.26. The van der Waals surface area contributed by atoms with Crippen LogP contribution >= 0.6 is 0 Å². The highest BCUT2D eigenvalue weighted by molar-refractivity contribution is 6.14. The fourth-order valence-corrected chi connectivity index (χ4v) is 1.83. The molecule has 96 valence electrons. The maximum atomic E-state index is 12.1. The third kappa shape index (κ3) is 2.28. The van der Waals surface area contributed by atoms with Crippen LogP contribution in [0.2, 0.25) is 0 Å². The summed E-state index contributed by atoms with van der Waals surface area (Å²) in [7, 11) is 0. The van der Waals surface area contributed by atoms with Gasteiger partial charge < -0.3 is 0 Å². The van der Waals surface area contributed by atoms with Gasteiger partial charge >= 0.3 is 0 Å². The van der Waals surface area contributed by atoms with Gasteiger partial charge in [0.15, 0.2) is 0 Å². The minimum absolute atomic E-state index is 0.0512. The molecule has 0 N–H and O–H groups in total. The molecule has 1 amide bonds. The van der Waals surface area contributed by atoms with Crippen molar-refractivity contribution in [1.29, 1.82) is 5.26 Å². The van der Waals surface area contributed by atoms with E-state index in [4.69, 9.17) is 5.26 Å². The number of benzene rings is 1. The number of carbonyl (C=O) groups is 1. The van der Waals surface area contributed by atoms with Gasteiger partial charge in [0, 0.05) is 17.8 Å². The van der Waals surface area contributed by atoms with Crippen LogP contribution in [0.1, 0.15) is 13.3 Å². The van der Waals surface area contributed by atoms with Crippen LogP contribution in [0, 0.1) is 27.4 Å². The molecule has 0 bridgehead atoms. The van der Waals surface area contributed by atoms with E-state index in [2.05, 4.69) is 5.10 Å². The molecule has 0 spiro atoms. The maximum absolute atomic E-state index is 12.1. The van der Waals surface area contributed by atoms with Crippen molar-refractivity contribution in [2.24, 2.45) is 11.0 Å². The largest absolute Gasteiger partial charge is 0.272 e. The van der Waals surface area contributed by atoms with Gasteiger partial charge in [0.25, 0.3) is 11.6 Å². The number of hydrazone groups is 1. The van der Waals surface area contributed by atoms with Crippen LogP contribution < -0.4 is 5.01 Å². The van der Waals surface area contributed by atoms with Gasteiger partial charge in [0.05, 0.1) is 29.0 Å². The number of anilines is 1. The first-order valence-electron chi connectivity index (χ1n) is 5.55. The Balaban J connectivity index is 2.27. The maximum Gasteiger partial charge on any atom is 0.269 e. The Morgan fingerprint density at radius 3 is 2.63 bits per heavy atom. The first kappa shape index (κ1) is 12.7. The third-order valence-corrected chi connectivity index (χ3v) is 2.87. The molecule has 0 saturated carbocycles. The van der Waals surface area contributed by atoms with E-state index in [0.717, 1.165) is 0 Å². The Kier molecular flexibility index (Phi) is 3.25. The number of carbonyl (C=O) groups excluding carboxylic acids is 1. The van der Waals surface area contributed by atoms with E-state index in [1.807, 2.05) is 6.07 Å². The molecule has 1 aliphatic rings. The zero-order valence-electron chi connectivity index (χ0n) is 10.1. The first-order chi connectivity index (χ1) is 9.04. The summed E-state index contributed by atoms with van der Waals surface area (Å²) in [5.74, 6) is -0.812. The molecular weight excluding hydrogens is 248 g/mol. The van der Waals surface area contributed by atoms with Crippen molar-refractivity contribution in [3.8, 4) is 6.07 Å². The molecule has 1 aliphatic heterocycles. The second kappa shape index (κ2) is 4.86. The normalized spacial score (nSPS) is 18.1. The summed E-state index contributed by atoms with van der Waals surface area (Å²) in [6.07, 6.45) is 0.0810. The number of nitrogens with zero attached hydrogens (tertiary/aromatic N) is 4. The number of rotatable bonds is 3. The molecule has 0 aliphatic carbocycles. The number of nitro benzene ring substituents is 1. The molecule has 0 radical (unpaired) electrons. The summed E-state index contributed by atoms with van der Waals surface area (Å²) < 4.78 is 0. The van der Waals surface area contributed by atoms with Gasteiger partial charge in [0.1, 0.15) is 0 Å². The van der Waals surface area contributed by atoms with E-state index in [-0.39, 0.29) is 18.0 Å². The topological polar surface area (TPSA) is 99.6 Å². The molecule has 2 rings (SSSR count). The molecule has 19 heavy (non-hydrogen) atoms. The minimum atomic E-state index is -0.528. The van der Waals surface area contributed by atoms with Gasteiger partial charge in [-0.25, -0.2) is 5.01 Å². The summed E-state index contributed by atoms with van der Waals surface area (Å²) in [6.45, 7) is 1.69. The van der Waals surface area contributed by atoms with E-state index >= 15 is 0 Å². The number of hydrogen-bond acceptors (Lipinski definition) is 5. The van der Waals surface area contributed by atoms with Crippen molar-refractivity contribution in [2.75, 3.05) is 5.01 Å². The number of non-ortho nitro benzene ring substituents is 1. The molecule has 1 atom stereocenters. The zero-order chi connectivity index (χ0) is 14.0. The standard InChI is InChI=1S/C12H10N4O3/c1-8-11(6-7-13)12(17)15(14-8)9-2-4-10(5-3-9)16(18)19/h2-5,11H,6H2,1H3. The highest BCUT2D eigenvalue weighted by Gasteiger charge is 2.34. The van der Waals surface area contributed by atoms with Gasteiger partial charge in [-0.05, 0) is 19.1 Å². The van der Waals surface area contributed by atoms with Crippen LogP contribution in [-0.4, -0.2) is 16.5 Å². The van der Waals surface area contributed by atoms with E-state index in [0.29, 0.717) is 11.4 Å². The highest BCUT2D eigenvalue weighted by atomic mass is 16.6. The molecule has 7 nitrogen and oxygen atoms in total. The first-order valence-corrected chi connectivity index (χ1v) is 5.55. The van der Waals surface area contributed by atoms with Crippen molar-refractivity contribution in [3.63, 3.8) is 0 Å². The molecule has 1 aromatic carbocycles. The average Bonchev–Trinajstić information content (AvgIpc) is 2.67. The predicted octanol–water partition coefficient (Wildman–Crippen LogP) is 1.85. The number of nitriles is 1. The Labute approximate surface area is 108 Å². The molecule has 1 heterocycles. The SMILES string of the molecule is CC1=NN(c2ccc([N+](=O)[O-])cc2)C(=O)C1CC#N. The lowest BCUT2D eigenvalue weighted by atomic mass is 10.0. The van der Waals surface area contributed by atoms with Crippen molar-refractivity contribution in [3.05, 3.63) is 34.4 Å². The fraction of sp³-hybridized carbons (Fsp3) is 0.250. The van der Waals surface area contributed by atoms with E-state index < -0.39 is 10.8 Å². The second-order valence-electron chi connectivity index (χ2n) is 4.08. The van der Waals surface area contributed by atoms with Crippen molar-refractivity contribution >= 4 is 23.0 Å². The molecule has 0 fully saturated rings. The van der Waals surface area contributed by atoms with E-state index in [1.165, 1.54) is 29.3 Å². The predicted molar refractivity (Wildman–Crippen MR) is 67.4 cm³/mol. The van der Waals surface area contributed by atoms with E-state index in [9.17, 15) is 14.9 Å². The van der Waals surface area contributed by atoms with Crippen LogP contribution in [0.3, 0.4) is 0 Å².